The zero-order valence-electron chi connectivity index (χ0n) is 14.5. The molecule has 2 rings (SSSR count). The van der Waals surface area contributed by atoms with E-state index in [1.165, 1.54) is 12.1 Å². The van der Waals surface area contributed by atoms with Crippen LogP contribution in [0.15, 0.2) is 34.2 Å². The van der Waals surface area contributed by atoms with Crippen molar-refractivity contribution in [2.24, 2.45) is 0 Å². The molecule has 1 amide bonds. The van der Waals surface area contributed by atoms with Crippen LogP contribution in [-0.4, -0.2) is 26.4 Å². The van der Waals surface area contributed by atoms with Gasteiger partial charge in [0.25, 0.3) is 5.56 Å². The molecule has 26 heavy (non-hydrogen) atoms. The standard InChI is InChI=1S/C17H19F2N3O2S2/c1-9(2)25-8-11-7-14(23)21-17(20-11)26-10(3)16(24)22-15-12(18)5-4-6-13(15)19/h4-7,9-10H,8H2,1-3H3,(H,22,24)(H,20,21,23). The summed E-state index contributed by atoms with van der Waals surface area (Å²) in [4.78, 5) is 30.9. The number of rotatable bonds is 7. The number of carbonyl (C=O) groups excluding carboxylic acids is 1. The van der Waals surface area contributed by atoms with E-state index in [1.54, 1.807) is 18.7 Å². The quantitative estimate of drug-likeness (QED) is 0.547. The number of nitrogens with one attached hydrogen (secondary N) is 2. The van der Waals surface area contributed by atoms with E-state index >= 15 is 0 Å². The minimum Gasteiger partial charge on any atom is -0.320 e. The summed E-state index contributed by atoms with van der Waals surface area (Å²) < 4.78 is 27.3. The van der Waals surface area contributed by atoms with E-state index in [2.05, 4.69) is 15.3 Å². The van der Waals surface area contributed by atoms with Crippen molar-refractivity contribution in [3.8, 4) is 0 Å². The van der Waals surface area contributed by atoms with E-state index in [4.69, 9.17) is 0 Å². The van der Waals surface area contributed by atoms with Crippen molar-refractivity contribution in [3.05, 3.63) is 51.9 Å². The first-order valence-corrected chi connectivity index (χ1v) is 9.82. The van der Waals surface area contributed by atoms with Gasteiger partial charge in [-0.1, -0.05) is 31.7 Å². The zero-order chi connectivity index (χ0) is 19.3. The first-order valence-electron chi connectivity index (χ1n) is 7.89. The van der Waals surface area contributed by atoms with Gasteiger partial charge in [0.2, 0.25) is 5.91 Å². The Morgan fingerprint density at radius 3 is 2.54 bits per heavy atom. The monoisotopic (exact) mass is 399 g/mol. The third kappa shape index (κ3) is 5.84. The molecular formula is C17H19F2N3O2S2. The SMILES string of the molecule is CC(C)SCc1cc(=O)[nH]c(SC(C)C(=O)Nc2c(F)cccc2F)n1. The highest BCUT2D eigenvalue weighted by atomic mass is 32.2. The average Bonchev–Trinajstić information content (AvgIpc) is 2.55. The molecule has 2 N–H and O–H groups in total. The Bertz CT molecular complexity index is 823. The van der Waals surface area contributed by atoms with E-state index in [0.29, 0.717) is 16.7 Å². The van der Waals surface area contributed by atoms with Gasteiger partial charge in [0.05, 0.1) is 10.9 Å². The summed E-state index contributed by atoms with van der Waals surface area (Å²) in [6, 6.07) is 4.75. The molecule has 1 aromatic heterocycles. The summed E-state index contributed by atoms with van der Waals surface area (Å²) in [6.45, 7) is 5.65. The number of carbonyl (C=O) groups is 1. The number of H-pyrrole nitrogens is 1. The van der Waals surface area contributed by atoms with Crippen LogP contribution in [0.4, 0.5) is 14.5 Å². The minimum atomic E-state index is -0.852. The molecule has 0 saturated carbocycles. The van der Waals surface area contributed by atoms with Gasteiger partial charge in [-0.25, -0.2) is 13.8 Å². The summed E-state index contributed by atoms with van der Waals surface area (Å²) in [5.74, 6) is -1.72. The maximum absolute atomic E-state index is 13.6. The summed E-state index contributed by atoms with van der Waals surface area (Å²) in [5.41, 5.74) is -0.189. The zero-order valence-corrected chi connectivity index (χ0v) is 16.1. The number of benzene rings is 1. The fourth-order valence-corrected chi connectivity index (χ4v) is 3.41. The minimum absolute atomic E-state index is 0.286. The molecule has 0 aliphatic rings. The third-order valence-electron chi connectivity index (χ3n) is 3.21. The lowest BCUT2D eigenvalue weighted by molar-refractivity contribution is -0.115. The molecule has 140 valence electrons. The van der Waals surface area contributed by atoms with Crippen LogP contribution in [0.1, 0.15) is 26.5 Å². The number of hydrogen-bond acceptors (Lipinski definition) is 5. The fourth-order valence-electron chi connectivity index (χ4n) is 1.93. The highest BCUT2D eigenvalue weighted by Crippen LogP contribution is 2.23. The molecule has 1 aromatic carbocycles. The smallest absolute Gasteiger partial charge is 0.251 e. The van der Waals surface area contributed by atoms with Crippen molar-refractivity contribution < 1.29 is 13.6 Å². The molecule has 0 fully saturated rings. The predicted octanol–water partition coefficient (Wildman–Crippen LogP) is 3.81. The molecule has 0 spiro atoms. The molecule has 0 bridgehead atoms. The number of aromatic nitrogens is 2. The van der Waals surface area contributed by atoms with Crippen molar-refractivity contribution in [1.29, 1.82) is 0 Å². The van der Waals surface area contributed by atoms with Crippen LogP contribution in [0.2, 0.25) is 0 Å². The lowest BCUT2D eigenvalue weighted by Gasteiger charge is -2.13. The van der Waals surface area contributed by atoms with Gasteiger partial charge in [-0.05, 0) is 24.3 Å². The summed E-state index contributed by atoms with van der Waals surface area (Å²) in [6.07, 6.45) is 0. The van der Waals surface area contributed by atoms with Crippen LogP contribution in [0.3, 0.4) is 0 Å². The first-order chi connectivity index (χ1) is 12.3. The van der Waals surface area contributed by atoms with Gasteiger partial charge in [-0.3, -0.25) is 9.59 Å². The van der Waals surface area contributed by atoms with E-state index in [-0.39, 0.29) is 10.7 Å². The lowest BCUT2D eigenvalue weighted by atomic mass is 10.3. The molecule has 1 unspecified atom stereocenters. The number of hydrogen-bond donors (Lipinski definition) is 2. The largest absolute Gasteiger partial charge is 0.320 e. The number of halogens is 2. The first kappa shape index (κ1) is 20.4. The van der Waals surface area contributed by atoms with Crippen LogP contribution in [0, 0.1) is 11.6 Å². The Hall–Kier alpha value is -1.87. The second-order valence-electron chi connectivity index (χ2n) is 5.75. The third-order valence-corrected chi connectivity index (χ3v) is 5.32. The molecule has 0 saturated heterocycles. The van der Waals surface area contributed by atoms with Crippen LogP contribution < -0.4 is 10.9 Å². The summed E-state index contributed by atoms with van der Waals surface area (Å²) in [5, 5.41) is 2.20. The molecule has 0 aliphatic heterocycles. The normalized spacial score (nSPS) is 12.2. The number of anilines is 1. The fraction of sp³-hybridized carbons (Fsp3) is 0.353. The molecule has 9 heteroatoms. The van der Waals surface area contributed by atoms with Crippen molar-refractivity contribution in [3.63, 3.8) is 0 Å². The predicted molar refractivity (Wildman–Crippen MR) is 102 cm³/mol. The van der Waals surface area contributed by atoms with Crippen molar-refractivity contribution in [2.45, 2.75) is 42.2 Å². The highest BCUT2D eigenvalue weighted by Gasteiger charge is 2.19. The maximum Gasteiger partial charge on any atom is 0.251 e. The van der Waals surface area contributed by atoms with E-state index < -0.39 is 28.5 Å². The van der Waals surface area contributed by atoms with Crippen molar-refractivity contribution in [2.75, 3.05) is 5.32 Å². The Morgan fingerprint density at radius 1 is 1.27 bits per heavy atom. The van der Waals surface area contributed by atoms with Crippen LogP contribution in [0.25, 0.3) is 0 Å². The van der Waals surface area contributed by atoms with E-state index in [0.717, 1.165) is 23.9 Å². The van der Waals surface area contributed by atoms with Gasteiger partial charge < -0.3 is 10.3 Å². The van der Waals surface area contributed by atoms with E-state index in [1.807, 2.05) is 13.8 Å². The van der Waals surface area contributed by atoms with Gasteiger partial charge in [-0.2, -0.15) is 11.8 Å². The lowest BCUT2D eigenvalue weighted by Crippen LogP contribution is -2.24. The second-order valence-corrected chi connectivity index (χ2v) is 8.64. The summed E-state index contributed by atoms with van der Waals surface area (Å²) >= 11 is 2.66. The number of para-hydroxylation sites is 1. The number of thioether (sulfide) groups is 2. The topological polar surface area (TPSA) is 74.8 Å². The van der Waals surface area contributed by atoms with Gasteiger partial charge >= 0.3 is 0 Å². The highest BCUT2D eigenvalue weighted by molar-refractivity contribution is 8.00. The van der Waals surface area contributed by atoms with Crippen molar-refractivity contribution in [1.82, 2.24) is 9.97 Å². The van der Waals surface area contributed by atoms with Gasteiger partial charge in [0.15, 0.2) is 5.16 Å². The van der Waals surface area contributed by atoms with Crippen LogP contribution in [0.5, 0.6) is 0 Å². The summed E-state index contributed by atoms with van der Waals surface area (Å²) in [7, 11) is 0. The average molecular weight is 399 g/mol. The van der Waals surface area contributed by atoms with Crippen molar-refractivity contribution >= 4 is 35.1 Å². The molecule has 1 atom stereocenters. The molecule has 5 nitrogen and oxygen atoms in total. The number of amides is 1. The Kier molecular flexibility index (Phi) is 7.22. The molecule has 1 heterocycles. The maximum atomic E-state index is 13.6. The van der Waals surface area contributed by atoms with Crippen LogP contribution in [-0.2, 0) is 10.5 Å². The number of aromatic amines is 1. The van der Waals surface area contributed by atoms with Gasteiger partial charge in [-0.15, -0.1) is 0 Å². The van der Waals surface area contributed by atoms with Gasteiger partial charge in [0, 0.05) is 11.8 Å². The second kappa shape index (κ2) is 9.18. The van der Waals surface area contributed by atoms with Gasteiger partial charge in [0.1, 0.15) is 17.3 Å². The van der Waals surface area contributed by atoms with E-state index in [9.17, 15) is 18.4 Å². The molecule has 2 aromatic rings. The molecular weight excluding hydrogens is 380 g/mol. The Labute approximate surface area is 158 Å². The number of nitrogens with zero attached hydrogens (tertiary/aromatic N) is 1. The molecule has 0 radical (unpaired) electrons. The Morgan fingerprint density at radius 2 is 1.92 bits per heavy atom. The Balaban J connectivity index is 2.07. The molecule has 0 aliphatic carbocycles. The van der Waals surface area contributed by atoms with Crippen LogP contribution >= 0.6 is 23.5 Å².